The second-order valence-corrected chi connectivity index (χ2v) is 5.81. The number of halogens is 1. The number of hydrogen-bond donors (Lipinski definition) is 0. The van der Waals surface area contributed by atoms with E-state index in [1.165, 1.54) is 12.1 Å². The largest absolute Gasteiger partial charge is 0.341 e. The maximum atomic E-state index is 13.0. The fourth-order valence-corrected chi connectivity index (χ4v) is 3.09. The van der Waals surface area contributed by atoms with Gasteiger partial charge in [0.1, 0.15) is 5.82 Å². The lowest BCUT2D eigenvalue weighted by Gasteiger charge is -2.33. The first kappa shape index (κ1) is 13.1. The predicted molar refractivity (Wildman–Crippen MR) is 72.2 cm³/mol. The van der Waals surface area contributed by atoms with Gasteiger partial charge in [0, 0.05) is 13.1 Å². The van der Waals surface area contributed by atoms with E-state index >= 15 is 0 Å². The van der Waals surface area contributed by atoms with Crippen molar-refractivity contribution < 1.29 is 9.18 Å². The minimum atomic E-state index is -0.453. The van der Waals surface area contributed by atoms with Gasteiger partial charge in [-0.15, -0.1) is 0 Å². The number of carbonyl (C=O) groups excluding carboxylic acids is 1. The van der Waals surface area contributed by atoms with E-state index in [0.29, 0.717) is 6.54 Å². The molecule has 0 N–H and O–H groups in total. The summed E-state index contributed by atoms with van der Waals surface area (Å²) in [6.07, 6.45) is 3.42. The highest BCUT2D eigenvalue weighted by Crippen LogP contribution is 2.50. The Hall–Kier alpha value is -1.89. The van der Waals surface area contributed by atoms with Crippen molar-refractivity contribution in [3.8, 4) is 6.07 Å². The molecular formula is C16H17FN2O. The van der Waals surface area contributed by atoms with E-state index < -0.39 is 5.41 Å². The average molecular weight is 272 g/mol. The van der Waals surface area contributed by atoms with Crippen LogP contribution in [0.15, 0.2) is 24.3 Å². The molecule has 4 heteroatoms. The predicted octanol–water partition coefficient (Wildman–Crippen LogP) is 2.62. The van der Waals surface area contributed by atoms with Crippen LogP contribution in [0, 0.1) is 23.1 Å². The molecule has 1 saturated heterocycles. The molecule has 3 rings (SSSR count). The van der Waals surface area contributed by atoms with Crippen LogP contribution in [0.1, 0.15) is 31.2 Å². The lowest BCUT2D eigenvalue weighted by molar-refractivity contribution is -0.135. The molecule has 1 saturated carbocycles. The first-order valence-electron chi connectivity index (χ1n) is 7.11. The van der Waals surface area contributed by atoms with Gasteiger partial charge in [-0.25, -0.2) is 4.39 Å². The molecule has 2 fully saturated rings. The van der Waals surface area contributed by atoms with Crippen LogP contribution >= 0.6 is 0 Å². The number of hydrogen-bond acceptors (Lipinski definition) is 2. The Morgan fingerprint density at radius 3 is 2.65 bits per heavy atom. The van der Waals surface area contributed by atoms with Crippen molar-refractivity contribution >= 4 is 5.91 Å². The SMILES string of the molecule is N#CC1CCCN(C(=O)C2(c3ccc(F)cc3)CC2)C1. The molecule has 1 aromatic carbocycles. The number of rotatable bonds is 2. The van der Waals surface area contributed by atoms with Crippen LogP contribution in [-0.4, -0.2) is 23.9 Å². The number of carbonyl (C=O) groups is 1. The summed E-state index contributed by atoms with van der Waals surface area (Å²) in [5.74, 6) is -0.208. The fraction of sp³-hybridized carbons (Fsp3) is 0.500. The number of amides is 1. The third kappa shape index (κ3) is 2.18. The average Bonchev–Trinajstić information content (AvgIpc) is 3.29. The van der Waals surface area contributed by atoms with E-state index in [1.54, 1.807) is 12.1 Å². The molecule has 1 amide bonds. The van der Waals surface area contributed by atoms with Crippen LogP contribution in [0.25, 0.3) is 0 Å². The Kier molecular flexibility index (Phi) is 3.21. The minimum Gasteiger partial charge on any atom is -0.341 e. The normalized spacial score (nSPS) is 24.0. The number of nitrogens with zero attached hydrogens (tertiary/aromatic N) is 2. The van der Waals surface area contributed by atoms with Gasteiger partial charge in [0.15, 0.2) is 0 Å². The Labute approximate surface area is 118 Å². The molecule has 1 unspecified atom stereocenters. The van der Waals surface area contributed by atoms with Gasteiger partial charge in [0.2, 0.25) is 5.91 Å². The lowest BCUT2D eigenvalue weighted by atomic mass is 9.92. The number of benzene rings is 1. The van der Waals surface area contributed by atoms with E-state index in [2.05, 4.69) is 6.07 Å². The summed E-state index contributed by atoms with van der Waals surface area (Å²) in [6.45, 7) is 1.28. The standard InChI is InChI=1S/C16H17FN2O/c17-14-5-3-13(4-6-14)16(7-8-16)15(20)19-9-1-2-12(10-18)11-19/h3-6,12H,1-2,7-9,11H2. The second kappa shape index (κ2) is 4.90. The first-order valence-corrected chi connectivity index (χ1v) is 7.11. The summed E-state index contributed by atoms with van der Waals surface area (Å²) in [6, 6.07) is 8.52. The van der Waals surface area contributed by atoms with Gasteiger partial charge >= 0.3 is 0 Å². The van der Waals surface area contributed by atoms with Crippen molar-refractivity contribution in [1.29, 1.82) is 5.26 Å². The molecule has 0 radical (unpaired) electrons. The monoisotopic (exact) mass is 272 g/mol. The van der Waals surface area contributed by atoms with Crippen molar-refractivity contribution in [1.82, 2.24) is 4.90 Å². The van der Waals surface area contributed by atoms with Crippen LogP contribution < -0.4 is 0 Å². The molecule has 1 atom stereocenters. The Balaban J connectivity index is 1.80. The molecule has 1 aliphatic carbocycles. The van der Waals surface area contributed by atoms with E-state index in [-0.39, 0.29) is 17.6 Å². The maximum Gasteiger partial charge on any atom is 0.233 e. The van der Waals surface area contributed by atoms with Gasteiger partial charge in [0.05, 0.1) is 17.4 Å². The molecule has 0 bridgehead atoms. The van der Waals surface area contributed by atoms with Gasteiger partial charge < -0.3 is 4.90 Å². The zero-order valence-corrected chi connectivity index (χ0v) is 11.3. The topological polar surface area (TPSA) is 44.1 Å². The van der Waals surface area contributed by atoms with E-state index in [0.717, 1.165) is 37.8 Å². The number of likely N-dealkylation sites (tertiary alicyclic amines) is 1. The highest BCUT2D eigenvalue weighted by Gasteiger charge is 2.53. The van der Waals surface area contributed by atoms with E-state index in [1.807, 2.05) is 4.90 Å². The lowest BCUT2D eigenvalue weighted by Crippen LogP contribution is -2.44. The van der Waals surface area contributed by atoms with Gasteiger partial charge in [-0.3, -0.25) is 4.79 Å². The number of piperidine rings is 1. The molecule has 20 heavy (non-hydrogen) atoms. The van der Waals surface area contributed by atoms with Crippen molar-refractivity contribution in [2.45, 2.75) is 31.1 Å². The van der Waals surface area contributed by atoms with Crippen molar-refractivity contribution in [3.63, 3.8) is 0 Å². The number of nitriles is 1. The van der Waals surface area contributed by atoms with E-state index in [4.69, 9.17) is 5.26 Å². The van der Waals surface area contributed by atoms with Crippen LogP contribution in [0.2, 0.25) is 0 Å². The molecule has 104 valence electrons. The Morgan fingerprint density at radius 1 is 1.35 bits per heavy atom. The zero-order valence-electron chi connectivity index (χ0n) is 11.3. The van der Waals surface area contributed by atoms with Crippen molar-refractivity contribution in [3.05, 3.63) is 35.6 Å². The molecule has 2 aliphatic rings. The first-order chi connectivity index (χ1) is 9.65. The van der Waals surface area contributed by atoms with E-state index in [9.17, 15) is 9.18 Å². The van der Waals surface area contributed by atoms with Crippen LogP contribution in [0.3, 0.4) is 0 Å². The smallest absolute Gasteiger partial charge is 0.233 e. The summed E-state index contributed by atoms with van der Waals surface area (Å²) < 4.78 is 13.0. The molecule has 1 heterocycles. The van der Waals surface area contributed by atoms with Crippen molar-refractivity contribution in [2.75, 3.05) is 13.1 Å². The third-order valence-corrected chi connectivity index (χ3v) is 4.45. The van der Waals surface area contributed by atoms with Gasteiger partial charge in [-0.1, -0.05) is 12.1 Å². The summed E-state index contributed by atoms with van der Waals surface area (Å²) in [4.78, 5) is 14.6. The summed E-state index contributed by atoms with van der Waals surface area (Å²) >= 11 is 0. The van der Waals surface area contributed by atoms with Gasteiger partial charge in [0.25, 0.3) is 0 Å². The maximum absolute atomic E-state index is 13.0. The summed E-state index contributed by atoms with van der Waals surface area (Å²) in [5, 5.41) is 9.03. The quantitative estimate of drug-likeness (QED) is 0.830. The van der Waals surface area contributed by atoms with Gasteiger partial charge in [-0.05, 0) is 43.4 Å². The zero-order chi connectivity index (χ0) is 14.2. The molecule has 3 nitrogen and oxygen atoms in total. The summed E-state index contributed by atoms with van der Waals surface area (Å²) in [5.41, 5.74) is 0.452. The van der Waals surface area contributed by atoms with Crippen LogP contribution in [-0.2, 0) is 10.2 Å². The molecule has 0 spiro atoms. The molecule has 0 aromatic heterocycles. The molecule has 1 aliphatic heterocycles. The highest BCUT2D eigenvalue weighted by molar-refractivity contribution is 5.91. The van der Waals surface area contributed by atoms with Gasteiger partial charge in [-0.2, -0.15) is 5.26 Å². The minimum absolute atomic E-state index is 0.0447. The van der Waals surface area contributed by atoms with Crippen molar-refractivity contribution in [2.24, 2.45) is 5.92 Å². The highest BCUT2D eigenvalue weighted by atomic mass is 19.1. The third-order valence-electron chi connectivity index (χ3n) is 4.45. The van der Waals surface area contributed by atoms with Crippen LogP contribution in [0.5, 0.6) is 0 Å². The Bertz CT molecular complexity index is 557. The second-order valence-electron chi connectivity index (χ2n) is 5.81. The Morgan fingerprint density at radius 2 is 2.05 bits per heavy atom. The molecule has 1 aromatic rings. The molecular weight excluding hydrogens is 255 g/mol. The summed E-state index contributed by atoms with van der Waals surface area (Å²) in [7, 11) is 0. The van der Waals surface area contributed by atoms with Crippen LogP contribution in [0.4, 0.5) is 4.39 Å². The fourth-order valence-electron chi connectivity index (χ4n) is 3.09.